The van der Waals surface area contributed by atoms with Crippen molar-refractivity contribution in [2.24, 2.45) is 0 Å². The van der Waals surface area contributed by atoms with Gasteiger partial charge in [-0.25, -0.2) is 0 Å². The molecule has 3 nitrogen and oxygen atoms in total. The third-order valence-corrected chi connectivity index (χ3v) is 4.10. The Balaban J connectivity index is 2.13. The Morgan fingerprint density at radius 1 is 1.00 bits per heavy atom. The normalized spacial score (nSPS) is 13.3. The molecule has 0 radical (unpaired) electrons. The summed E-state index contributed by atoms with van der Waals surface area (Å²) in [6.07, 6.45) is 2.16. The Hall–Kier alpha value is -2.13. The zero-order chi connectivity index (χ0) is 16.5. The summed E-state index contributed by atoms with van der Waals surface area (Å²) in [5.74, 6) is -0.0953. The second-order valence-corrected chi connectivity index (χ2v) is 5.71. The van der Waals surface area contributed by atoms with Crippen LogP contribution in [-0.2, 0) is 4.79 Å². The van der Waals surface area contributed by atoms with E-state index in [1.807, 2.05) is 67.6 Å². The average Bonchev–Trinajstić information content (AvgIpc) is 2.61. The summed E-state index contributed by atoms with van der Waals surface area (Å²) in [4.78, 5) is 12.7. The second-order valence-electron chi connectivity index (χ2n) is 5.71. The molecule has 0 bridgehead atoms. The molecule has 0 aliphatic rings. The highest BCUT2D eigenvalue weighted by Gasteiger charge is 2.22. The molecular weight excluding hydrogens is 286 g/mol. The summed E-state index contributed by atoms with van der Waals surface area (Å²) in [5, 5.41) is 12.3. The number of aliphatic hydroxyl groups is 1. The Labute approximate surface area is 138 Å². The van der Waals surface area contributed by atoms with Crippen molar-refractivity contribution >= 4 is 5.91 Å². The third-order valence-electron chi connectivity index (χ3n) is 4.10. The van der Waals surface area contributed by atoms with Gasteiger partial charge in [0.05, 0.1) is 12.0 Å². The van der Waals surface area contributed by atoms with Crippen molar-refractivity contribution in [3.8, 4) is 0 Å². The van der Waals surface area contributed by atoms with Crippen LogP contribution in [0.2, 0.25) is 0 Å². The van der Waals surface area contributed by atoms with Crippen LogP contribution in [0, 0.1) is 0 Å². The van der Waals surface area contributed by atoms with Crippen LogP contribution in [0.4, 0.5) is 0 Å². The molecule has 0 spiro atoms. The third kappa shape index (κ3) is 4.93. The second kappa shape index (κ2) is 9.11. The van der Waals surface area contributed by atoms with Crippen molar-refractivity contribution in [2.45, 2.75) is 38.1 Å². The Kier molecular flexibility index (Phi) is 6.82. The number of aliphatic hydroxyl groups excluding tert-OH is 1. The number of benzene rings is 2. The van der Waals surface area contributed by atoms with E-state index in [-0.39, 0.29) is 24.5 Å². The zero-order valence-electron chi connectivity index (χ0n) is 13.6. The van der Waals surface area contributed by atoms with Gasteiger partial charge in [-0.15, -0.1) is 0 Å². The average molecular weight is 311 g/mol. The maximum atomic E-state index is 12.7. The van der Waals surface area contributed by atoms with Crippen LogP contribution < -0.4 is 5.32 Å². The summed E-state index contributed by atoms with van der Waals surface area (Å²) in [6, 6.07) is 19.8. The molecule has 0 saturated heterocycles. The van der Waals surface area contributed by atoms with Crippen molar-refractivity contribution in [1.29, 1.82) is 0 Å². The molecule has 23 heavy (non-hydrogen) atoms. The molecule has 0 aromatic heterocycles. The number of amides is 1. The molecule has 2 aromatic rings. The lowest BCUT2D eigenvalue weighted by molar-refractivity contribution is -0.123. The first-order chi connectivity index (χ1) is 11.3. The van der Waals surface area contributed by atoms with E-state index >= 15 is 0 Å². The fourth-order valence-electron chi connectivity index (χ4n) is 2.83. The summed E-state index contributed by atoms with van der Waals surface area (Å²) in [6.45, 7) is 2.16. The van der Waals surface area contributed by atoms with Crippen molar-refractivity contribution in [3.63, 3.8) is 0 Å². The molecular formula is C20H25NO2. The zero-order valence-corrected chi connectivity index (χ0v) is 13.6. The van der Waals surface area contributed by atoms with E-state index in [9.17, 15) is 4.79 Å². The first-order valence-corrected chi connectivity index (χ1v) is 8.27. The predicted octanol–water partition coefficient (Wildman–Crippen LogP) is 3.81. The topological polar surface area (TPSA) is 49.3 Å². The van der Waals surface area contributed by atoms with Crippen LogP contribution in [0.25, 0.3) is 0 Å². The van der Waals surface area contributed by atoms with Gasteiger partial charge in [0.1, 0.15) is 0 Å². The predicted molar refractivity (Wildman–Crippen MR) is 93.1 cm³/mol. The van der Waals surface area contributed by atoms with Crippen molar-refractivity contribution < 1.29 is 9.90 Å². The standard InChI is InChI=1S/C20H25NO2/c1-2-18(16-10-5-3-6-11-16)20(23)21-19(14-9-15-22)17-12-7-4-8-13-17/h3-8,10-13,18-19,22H,2,9,14-15H2,1H3,(H,21,23). The highest BCUT2D eigenvalue weighted by molar-refractivity contribution is 5.84. The summed E-state index contributed by atoms with van der Waals surface area (Å²) in [5.41, 5.74) is 2.12. The summed E-state index contributed by atoms with van der Waals surface area (Å²) >= 11 is 0. The lowest BCUT2D eigenvalue weighted by Gasteiger charge is -2.23. The molecule has 1 amide bonds. The van der Waals surface area contributed by atoms with Crippen molar-refractivity contribution in [2.75, 3.05) is 6.61 Å². The Morgan fingerprint density at radius 2 is 1.57 bits per heavy atom. The largest absolute Gasteiger partial charge is 0.396 e. The minimum Gasteiger partial charge on any atom is -0.396 e. The molecule has 2 aromatic carbocycles. The lowest BCUT2D eigenvalue weighted by atomic mass is 9.94. The molecule has 0 aliphatic carbocycles. The molecule has 122 valence electrons. The number of rotatable bonds is 8. The van der Waals surface area contributed by atoms with Crippen molar-refractivity contribution in [1.82, 2.24) is 5.32 Å². The molecule has 0 aliphatic heterocycles. The van der Waals surface area contributed by atoms with Gasteiger partial charge in [-0.05, 0) is 30.4 Å². The first-order valence-electron chi connectivity index (χ1n) is 8.27. The van der Waals surface area contributed by atoms with Crippen LogP contribution >= 0.6 is 0 Å². The lowest BCUT2D eigenvalue weighted by Crippen LogP contribution is -2.33. The quantitative estimate of drug-likeness (QED) is 0.779. The molecule has 2 unspecified atom stereocenters. The van der Waals surface area contributed by atoms with Gasteiger partial charge in [0, 0.05) is 6.61 Å². The van der Waals surface area contributed by atoms with E-state index in [1.165, 1.54) is 0 Å². The fraction of sp³-hybridized carbons (Fsp3) is 0.350. The minimum atomic E-state index is -0.142. The first kappa shape index (κ1) is 17.2. The number of hydrogen-bond acceptors (Lipinski definition) is 2. The molecule has 2 N–H and O–H groups in total. The van der Waals surface area contributed by atoms with Crippen LogP contribution in [0.15, 0.2) is 60.7 Å². The number of hydrogen-bond donors (Lipinski definition) is 2. The van der Waals surface area contributed by atoms with E-state index in [1.54, 1.807) is 0 Å². The highest BCUT2D eigenvalue weighted by atomic mass is 16.3. The number of nitrogens with one attached hydrogen (secondary N) is 1. The smallest absolute Gasteiger partial charge is 0.228 e. The molecule has 2 atom stereocenters. The van der Waals surface area contributed by atoms with Gasteiger partial charge >= 0.3 is 0 Å². The monoisotopic (exact) mass is 311 g/mol. The molecule has 3 heteroatoms. The van der Waals surface area contributed by atoms with Gasteiger partial charge in [-0.1, -0.05) is 67.6 Å². The van der Waals surface area contributed by atoms with Gasteiger partial charge in [0.15, 0.2) is 0 Å². The van der Waals surface area contributed by atoms with Crippen LogP contribution in [0.5, 0.6) is 0 Å². The van der Waals surface area contributed by atoms with Gasteiger partial charge in [0.25, 0.3) is 0 Å². The van der Waals surface area contributed by atoms with Crippen LogP contribution in [-0.4, -0.2) is 17.6 Å². The number of carbonyl (C=O) groups excluding carboxylic acids is 1. The van der Waals surface area contributed by atoms with E-state index in [0.717, 1.165) is 24.0 Å². The SMILES string of the molecule is CCC(C(=O)NC(CCCO)c1ccccc1)c1ccccc1. The summed E-state index contributed by atoms with van der Waals surface area (Å²) < 4.78 is 0. The van der Waals surface area contributed by atoms with Crippen molar-refractivity contribution in [3.05, 3.63) is 71.8 Å². The molecule has 0 heterocycles. The highest BCUT2D eigenvalue weighted by Crippen LogP contribution is 2.23. The summed E-state index contributed by atoms with van der Waals surface area (Å²) in [7, 11) is 0. The van der Waals surface area contributed by atoms with Gasteiger partial charge in [-0.2, -0.15) is 0 Å². The fourth-order valence-corrected chi connectivity index (χ4v) is 2.83. The van der Waals surface area contributed by atoms with E-state index in [0.29, 0.717) is 6.42 Å². The molecule has 0 saturated carbocycles. The Bertz CT molecular complexity index is 583. The number of carbonyl (C=O) groups is 1. The Morgan fingerprint density at radius 3 is 2.09 bits per heavy atom. The van der Waals surface area contributed by atoms with E-state index in [4.69, 9.17) is 5.11 Å². The minimum absolute atomic E-state index is 0.0468. The van der Waals surface area contributed by atoms with E-state index < -0.39 is 0 Å². The maximum Gasteiger partial charge on any atom is 0.228 e. The maximum absolute atomic E-state index is 12.7. The molecule has 0 fully saturated rings. The van der Waals surface area contributed by atoms with Gasteiger partial charge in [-0.3, -0.25) is 4.79 Å². The molecule has 2 rings (SSSR count). The van der Waals surface area contributed by atoms with Gasteiger partial charge < -0.3 is 10.4 Å². The van der Waals surface area contributed by atoms with Gasteiger partial charge in [0.2, 0.25) is 5.91 Å². The van der Waals surface area contributed by atoms with Crippen LogP contribution in [0.1, 0.15) is 49.3 Å². The van der Waals surface area contributed by atoms with E-state index in [2.05, 4.69) is 5.32 Å². The van der Waals surface area contributed by atoms with Crippen LogP contribution in [0.3, 0.4) is 0 Å².